The van der Waals surface area contributed by atoms with Gasteiger partial charge in [-0.3, -0.25) is 0 Å². The van der Waals surface area contributed by atoms with E-state index in [0.29, 0.717) is 17.0 Å². The maximum absolute atomic E-state index is 8.84. The number of ether oxygens (including phenoxy) is 1. The van der Waals surface area contributed by atoms with Crippen molar-refractivity contribution in [2.24, 2.45) is 0 Å². The second-order valence-electron chi connectivity index (χ2n) is 2.20. The molecule has 1 aromatic carbocycles. The molecule has 0 aromatic heterocycles. The monoisotopic (exact) mass is 153 g/mol. The molecule has 0 bridgehead atoms. The van der Waals surface area contributed by atoms with Crippen LogP contribution in [0, 0.1) is 0 Å². The lowest BCUT2D eigenvalue weighted by Gasteiger charge is -2.07. The van der Waals surface area contributed by atoms with E-state index in [1.807, 2.05) is 0 Å². The summed E-state index contributed by atoms with van der Waals surface area (Å²) in [6.07, 6.45) is 0. The second kappa shape index (κ2) is 3.25. The highest BCUT2D eigenvalue weighted by Gasteiger charge is 2.03. The van der Waals surface area contributed by atoms with Crippen molar-refractivity contribution in [3.8, 4) is 5.75 Å². The Bertz CT molecular complexity index is 248. The summed E-state index contributed by atoms with van der Waals surface area (Å²) in [5.74, 6) is 0.565. The largest absolute Gasteiger partial charge is 0.494 e. The van der Waals surface area contributed by atoms with E-state index in [1.165, 1.54) is 7.11 Å². The molecule has 0 fully saturated rings. The van der Waals surface area contributed by atoms with Crippen LogP contribution in [0.1, 0.15) is 5.56 Å². The molecule has 11 heavy (non-hydrogen) atoms. The van der Waals surface area contributed by atoms with Crippen molar-refractivity contribution in [1.82, 2.24) is 0 Å². The van der Waals surface area contributed by atoms with Crippen LogP contribution in [0.5, 0.6) is 5.75 Å². The van der Waals surface area contributed by atoms with Crippen LogP contribution < -0.4 is 10.5 Å². The van der Waals surface area contributed by atoms with Crippen LogP contribution in [0.25, 0.3) is 0 Å². The van der Waals surface area contributed by atoms with Gasteiger partial charge >= 0.3 is 0 Å². The molecule has 0 spiro atoms. The molecule has 3 nitrogen and oxygen atoms in total. The predicted molar refractivity (Wildman–Crippen MR) is 43.3 cm³/mol. The van der Waals surface area contributed by atoms with E-state index in [0.717, 1.165) is 0 Å². The SMILES string of the molecule is COc1c(N)cccc1CO. The summed E-state index contributed by atoms with van der Waals surface area (Å²) >= 11 is 0. The van der Waals surface area contributed by atoms with Crippen molar-refractivity contribution >= 4 is 5.69 Å². The number of hydrogen-bond donors (Lipinski definition) is 2. The fraction of sp³-hybridized carbons (Fsp3) is 0.250. The molecule has 0 amide bonds. The lowest BCUT2D eigenvalue weighted by Crippen LogP contribution is -1.96. The maximum Gasteiger partial charge on any atom is 0.147 e. The molecule has 60 valence electrons. The Balaban J connectivity index is 3.13. The van der Waals surface area contributed by atoms with Gasteiger partial charge in [-0.15, -0.1) is 0 Å². The number of nitrogen functional groups attached to an aromatic ring is 1. The first-order valence-corrected chi connectivity index (χ1v) is 3.31. The van der Waals surface area contributed by atoms with Crippen LogP contribution in [0.3, 0.4) is 0 Å². The summed E-state index contributed by atoms with van der Waals surface area (Å²) in [6, 6.07) is 5.29. The van der Waals surface area contributed by atoms with Crippen LogP contribution >= 0.6 is 0 Å². The Morgan fingerprint density at radius 1 is 1.55 bits per heavy atom. The third-order valence-electron chi connectivity index (χ3n) is 1.50. The van der Waals surface area contributed by atoms with Gasteiger partial charge < -0.3 is 15.6 Å². The average Bonchev–Trinajstić information content (AvgIpc) is 2.04. The zero-order valence-corrected chi connectivity index (χ0v) is 6.37. The summed E-state index contributed by atoms with van der Waals surface area (Å²) in [5, 5.41) is 8.84. The average molecular weight is 153 g/mol. The van der Waals surface area contributed by atoms with E-state index in [4.69, 9.17) is 15.6 Å². The molecule has 0 aliphatic carbocycles. The number of nitrogens with two attached hydrogens (primary N) is 1. The third-order valence-corrected chi connectivity index (χ3v) is 1.50. The molecule has 1 aromatic rings. The minimum Gasteiger partial charge on any atom is -0.494 e. The standard InChI is InChI=1S/C8H11NO2/c1-11-8-6(5-10)3-2-4-7(8)9/h2-4,10H,5,9H2,1H3. The zero-order chi connectivity index (χ0) is 8.27. The van der Waals surface area contributed by atoms with Gasteiger partial charge in [0.25, 0.3) is 0 Å². The van der Waals surface area contributed by atoms with Crippen LogP contribution in [0.4, 0.5) is 5.69 Å². The summed E-state index contributed by atoms with van der Waals surface area (Å²) in [7, 11) is 1.53. The van der Waals surface area contributed by atoms with Gasteiger partial charge in [0.15, 0.2) is 0 Å². The highest BCUT2D eigenvalue weighted by molar-refractivity contribution is 5.56. The lowest BCUT2D eigenvalue weighted by atomic mass is 10.2. The number of methoxy groups -OCH3 is 1. The van der Waals surface area contributed by atoms with Gasteiger partial charge in [0.05, 0.1) is 19.4 Å². The minimum atomic E-state index is -0.0474. The molecule has 0 unspecified atom stereocenters. The van der Waals surface area contributed by atoms with Crippen molar-refractivity contribution in [1.29, 1.82) is 0 Å². The van der Waals surface area contributed by atoms with Crippen molar-refractivity contribution in [2.75, 3.05) is 12.8 Å². The Hall–Kier alpha value is -1.22. The summed E-state index contributed by atoms with van der Waals surface area (Å²) < 4.78 is 4.98. The zero-order valence-electron chi connectivity index (χ0n) is 6.37. The molecule has 0 atom stereocenters. The van der Waals surface area contributed by atoms with E-state index >= 15 is 0 Å². The number of rotatable bonds is 2. The first kappa shape index (κ1) is 7.88. The first-order chi connectivity index (χ1) is 5.29. The number of aliphatic hydroxyl groups is 1. The first-order valence-electron chi connectivity index (χ1n) is 3.31. The maximum atomic E-state index is 8.84. The molecule has 3 heteroatoms. The number of hydrogen-bond acceptors (Lipinski definition) is 3. The molecule has 0 saturated heterocycles. The Morgan fingerprint density at radius 3 is 2.73 bits per heavy atom. The van der Waals surface area contributed by atoms with Gasteiger partial charge in [0, 0.05) is 5.56 Å². The van der Waals surface area contributed by atoms with Crippen molar-refractivity contribution in [3.05, 3.63) is 23.8 Å². The highest BCUT2D eigenvalue weighted by atomic mass is 16.5. The molecule has 0 saturated carbocycles. The van der Waals surface area contributed by atoms with Crippen LogP contribution in [0.15, 0.2) is 18.2 Å². The lowest BCUT2D eigenvalue weighted by molar-refractivity contribution is 0.274. The van der Waals surface area contributed by atoms with E-state index in [1.54, 1.807) is 18.2 Å². The minimum absolute atomic E-state index is 0.0474. The number of aliphatic hydroxyl groups excluding tert-OH is 1. The van der Waals surface area contributed by atoms with Crippen LogP contribution in [-0.4, -0.2) is 12.2 Å². The van der Waals surface area contributed by atoms with Crippen molar-refractivity contribution in [3.63, 3.8) is 0 Å². The summed E-state index contributed by atoms with van der Waals surface area (Å²) in [4.78, 5) is 0. The van der Waals surface area contributed by atoms with Gasteiger partial charge in [-0.1, -0.05) is 12.1 Å². The molecule has 0 aliphatic rings. The fourth-order valence-electron chi connectivity index (χ4n) is 0.978. The molecule has 0 radical (unpaired) electrons. The van der Waals surface area contributed by atoms with E-state index in [9.17, 15) is 0 Å². The van der Waals surface area contributed by atoms with Crippen molar-refractivity contribution < 1.29 is 9.84 Å². The Morgan fingerprint density at radius 2 is 2.27 bits per heavy atom. The Labute approximate surface area is 65.4 Å². The molecular weight excluding hydrogens is 142 g/mol. The number of benzene rings is 1. The quantitative estimate of drug-likeness (QED) is 0.617. The predicted octanol–water partition coefficient (Wildman–Crippen LogP) is 0.770. The topological polar surface area (TPSA) is 55.5 Å². The normalized spacial score (nSPS) is 9.64. The molecule has 1 rings (SSSR count). The van der Waals surface area contributed by atoms with Gasteiger partial charge in [-0.25, -0.2) is 0 Å². The smallest absolute Gasteiger partial charge is 0.147 e. The third kappa shape index (κ3) is 1.43. The highest BCUT2D eigenvalue weighted by Crippen LogP contribution is 2.25. The van der Waals surface area contributed by atoms with Gasteiger partial charge in [0.2, 0.25) is 0 Å². The van der Waals surface area contributed by atoms with Gasteiger partial charge in [0.1, 0.15) is 5.75 Å². The number of anilines is 1. The van der Waals surface area contributed by atoms with E-state index in [2.05, 4.69) is 0 Å². The second-order valence-corrected chi connectivity index (χ2v) is 2.20. The van der Waals surface area contributed by atoms with Crippen molar-refractivity contribution in [2.45, 2.75) is 6.61 Å². The number of para-hydroxylation sites is 1. The summed E-state index contributed by atoms with van der Waals surface area (Å²) in [6.45, 7) is -0.0474. The van der Waals surface area contributed by atoms with Gasteiger partial charge in [-0.05, 0) is 6.07 Å². The molecule has 3 N–H and O–H groups in total. The van der Waals surface area contributed by atoms with Crippen LogP contribution in [-0.2, 0) is 6.61 Å². The molecule has 0 aliphatic heterocycles. The van der Waals surface area contributed by atoms with E-state index < -0.39 is 0 Å². The van der Waals surface area contributed by atoms with E-state index in [-0.39, 0.29) is 6.61 Å². The van der Waals surface area contributed by atoms with Gasteiger partial charge in [-0.2, -0.15) is 0 Å². The Kier molecular flexibility index (Phi) is 2.33. The fourth-order valence-corrected chi connectivity index (χ4v) is 0.978. The molecule has 0 heterocycles. The van der Waals surface area contributed by atoms with Crippen LogP contribution in [0.2, 0.25) is 0 Å². The molecular formula is C8H11NO2. The summed E-state index contributed by atoms with van der Waals surface area (Å²) in [5.41, 5.74) is 6.84.